The van der Waals surface area contributed by atoms with Gasteiger partial charge in [0.1, 0.15) is 16.5 Å². The topological polar surface area (TPSA) is 55.1 Å². The van der Waals surface area contributed by atoms with Crippen molar-refractivity contribution in [3.63, 3.8) is 0 Å². The van der Waals surface area contributed by atoms with Crippen LogP contribution in [-0.2, 0) is 11.3 Å². The summed E-state index contributed by atoms with van der Waals surface area (Å²) in [5.41, 5.74) is 4.03. The average molecular weight is 471 g/mol. The summed E-state index contributed by atoms with van der Waals surface area (Å²) in [4.78, 5) is 16.9. The van der Waals surface area contributed by atoms with Crippen molar-refractivity contribution in [2.24, 2.45) is 0 Å². The fourth-order valence-corrected chi connectivity index (χ4v) is 4.48. The van der Waals surface area contributed by atoms with E-state index in [1.54, 1.807) is 17.4 Å². The van der Waals surface area contributed by atoms with Gasteiger partial charge in [0.05, 0.1) is 10.2 Å². The summed E-state index contributed by atoms with van der Waals surface area (Å²) in [7, 11) is 0. The molecule has 5 aromatic rings. The first-order valence-corrected chi connectivity index (χ1v) is 11.6. The minimum atomic E-state index is -0.185. The Hall–Kier alpha value is -3.67. The maximum absolute atomic E-state index is 12.2. The van der Waals surface area contributed by atoms with Crippen molar-refractivity contribution < 1.29 is 9.21 Å². The van der Waals surface area contributed by atoms with E-state index in [2.05, 4.69) is 16.4 Å². The van der Waals surface area contributed by atoms with Crippen molar-refractivity contribution in [1.82, 2.24) is 10.3 Å². The molecular formula is C27H19ClN2O2S. The van der Waals surface area contributed by atoms with Gasteiger partial charge in [-0.1, -0.05) is 48.0 Å². The fraction of sp³-hybridized carbons (Fsp3) is 0.0370. The molecule has 0 spiro atoms. The molecule has 0 bridgehead atoms. The average Bonchev–Trinajstić information content (AvgIpc) is 3.49. The summed E-state index contributed by atoms with van der Waals surface area (Å²) >= 11 is 7.60. The molecule has 2 aromatic heterocycles. The largest absolute Gasteiger partial charge is 0.457 e. The monoisotopic (exact) mass is 470 g/mol. The number of hydrogen-bond acceptors (Lipinski definition) is 4. The van der Waals surface area contributed by atoms with E-state index < -0.39 is 0 Å². The number of hydrogen-bond donors (Lipinski definition) is 1. The Kier molecular flexibility index (Phi) is 6.07. The number of nitrogens with one attached hydrogen (secondary N) is 1. The van der Waals surface area contributed by atoms with E-state index in [0.29, 0.717) is 17.3 Å². The van der Waals surface area contributed by atoms with E-state index in [0.717, 1.165) is 33.0 Å². The highest BCUT2D eigenvalue weighted by Crippen LogP contribution is 2.30. The number of thiazole rings is 1. The van der Waals surface area contributed by atoms with Crippen LogP contribution in [0.15, 0.2) is 95.4 Å². The lowest BCUT2D eigenvalue weighted by Gasteiger charge is -2.03. The van der Waals surface area contributed by atoms with Gasteiger partial charge in [0.15, 0.2) is 0 Å². The summed E-state index contributed by atoms with van der Waals surface area (Å²) < 4.78 is 6.96. The third kappa shape index (κ3) is 5.06. The third-order valence-electron chi connectivity index (χ3n) is 5.12. The highest BCUT2D eigenvalue weighted by molar-refractivity contribution is 7.21. The number of carbonyl (C=O) groups is 1. The number of aromatic nitrogens is 1. The number of furan rings is 1. The van der Waals surface area contributed by atoms with Crippen molar-refractivity contribution in [2.75, 3.05) is 0 Å². The van der Waals surface area contributed by atoms with Gasteiger partial charge in [-0.15, -0.1) is 11.3 Å². The maximum atomic E-state index is 12.2. The van der Waals surface area contributed by atoms with E-state index in [1.165, 1.54) is 10.8 Å². The Bertz CT molecular complexity index is 1400. The summed E-state index contributed by atoms with van der Waals surface area (Å²) in [5, 5.41) is 4.57. The quantitative estimate of drug-likeness (QED) is 0.267. The summed E-state index contributed by atoms with van der Waals surface area (Å²) in [6.07, 6.45) is 3.13. The van der Waals surface area contributed by atoms with Crippen LogP contribution in [0, 0.1) is 0 Å². The minimum absolute atomic E-state index is 0.185. The molecule has 4 nitrogen and oxygen atoms in total. The van der Waals surface area contributed by atoms with Crippen molar-refractivity contribution >= 4 is 45.1 Å². The smallest absolute Gasteiger partial charge is 0.244 e. The lowest BCUT2D eigenvalue weighted by atomic mass is 10.1. The van der Waals surface area contributed by atoms with Crippen LogP contribution in [0.25, 0.3) is 38.2 Å². The van der Waals surface area contributed by atoms with E-state index >= 15 is 0 Å². The second-order valence-corrected chi connectivity index (χ2v) is 8.91. The summed E-state index contributed by atoms with van der Waals surface area (Å²) in [5.74, 6) is 1.14. The van der Waals surface area contributed by atoms with E-state index in [9.17, 15) is 4.79 Å². The first-order chi connectivity index (χ1) is 16.1. The van der Waals surface area contributed by atoms with Crippen molar-refractivity contribution in [3.05, 3.63) is 107 Å². The minimum Gasteiger partial charge on any atom is -0.457 e. The predicted molar refractivity (Wildman–Crippen MR) is 135 cm³/mol. The molecule has 0 atom stereocenters. The zero-order valence-corrected chi connectivity index (χ0v) is 19.1. The number of benzene rings is 3. The molecule has 1 N–H and O–H groups in total. The van der Waals surface area contributed by atoms with Gasteiger partial charge in [-0.3, -0.25) is 4.79 Å². The Morgan fingerprint density at radius 1 is 0.939 bits per heavy atom. The summed E-state index contributed by atoms with van der Waals surface area (Å²) in [6.45, 7) is 0.442. The normalized spacial score (nSPS) is 11.3. The van der Waals surface area contributed by atoms with Crippen LogP contribution >= 0.6 is 22.9 Å². The Morgan fingerprint density at radius 3 is 2.48 bits per heavy atom. The van der Waals surface area contributed by atoms with Crippen LogP contribution in [-0.4, -0.2) is 10.9 Å². The molecule has 2 heterocycles. The molecule has 0 fully saturated rings. The van der Waals surface area contributed by atoms with Gasteiger partial charge in [-0.25, -0.2) is 4.98 Å². The zero-order valence-electron chi connectivity index (χ0n) is 17.5. The van der Waals surface area contributed by atoms with Gasteiger partial charge in [0.25, 0.3) is 0 Å². The molecule has 3 aromatic carbocycles. The van der Waals surface area contributed by atoms with Crippen molar-refractivity contribution in [1.29, 1.82) is 0 Å². The van der Waals surface area contributed by atoms with Crippen LogP contribution in [0.3, 0.4) is 0 Å². The lowest BCUT2D eigenvalue weighted by molar-refractivity contribution is -0.116. The number of amides is 1. The number of fused-ring (bicyclic) bond motifs is 1. The molecule has 162 valence electrons. The van der Waals surface area contributed by atoms with Crippen LogP contribution in [0.4, 0.5) is 0 Å². The zero-order chi connectivity index (χ0) is 22.6. The molecule has 5 rings (SSSR count). The predicted octanol–water partition coefficient (Wildman–Crippen LogP) is 7.21. The second-order valence-electron chi connectivity index (χ2n) is 7.44. The number of rotatable bonds is 6. The van der Waals surface area contributed by atoms with Gasteiger partial charge in [-0.05, 0) is 60.2 Å². The molecule has 1 amide bonds. The maximum Gasteiger partial charge on any atom is 0.244 e. The molecule has 0 aliphatic rings. The molecule has 0 saturated carbocycles. The van der Waals surface area contributed by atoms with Crippen LogP contribution in [0.1, 0.15) is 11.3 Å². The summed E-state index contributed by atoms with van der Waals surface area (Å²) in [6, 6.07) is 27.3. The Balaban J connectivity index is 1.17. The van der Waals surface area contributed by atoms with E-state index in [4.69, 9.17) is 16.0 Å². The molecule has 0 aliphatic carbocycles. The Morgan fingerprint density at radius 2 is 1.70 bits per heavy atom. The molecule has 33 heavy (non-hydrogen) atoms. The van der Waals surface area contributed by atoms with Gasteiger partial charge in [0.2, 0.25) is 5.91 Å². The number of halogens is 1. The van der Waals surface area contributed by atoms with Crippen LogP contribution in [0.5, 0.6) is 0 Å². The molecule has 0 radical (unpaired) electrons. The number of nitrogens with zero attached hydrogens (tertiary/aromatic N) is 1. The third-order valence-corrected chi connectivity index (χ3v) is 6.45. The van der Waals surface area contributed by atoms with Gasteiger partial charge < -0.3 is 9.73 Å². The second kappa shape index (κ2) is 9.45. The number of para-hydroxylation sites is 1. The van der Waals surface area contributed by atoms with E-state index in [-0.39, 0.29) is 5.91 Å². The molecular weight excluding hydrogens is 452 g/mol. The van der Waals surface area contributed by atoms with Gasteiger partial charge >= 0.3 is 0 Å². The highest BCUT2D eigenvalue weighted by Gasteiger charge is 2.07. The van der Waals surface area contributed by atoms with Crippen LogP contribution < -0.4 is 5.32 Å². The lowest BCUT2D eigenvalue weighted by Crippen LogP contribution is -2.20. The number of carbonyl (C=O) groups excluding carboxylic acids is 1. The molecule has 0 unspecified atom stereocenters. The molecule has 0 saturated heterocycles. The SMILES string of the molecule is O=C(C=Cc1ccc(-c2ccc(Cl)cc2)o1)NCc1ccc(-c2nc3ccccc3s2)cc1. The van der Waals surface area contributed by atoms with Gasteiger partial charge in [-0.2, -0.15) is 0 Å². The molecule has 0 aliphatic heterocycles. The van der Waals surface area contributed by atoms with Crippen molar-refractivity contribution in [3.8, 4) is 21.9 Å². The first kappa shape index (κ1) is 21.2. The highest BCUT2D eigenvalue weighted by atomic mass is 35.5. The van der Waals surface area contributed by atoms with E-state index in [1.807, 2.05) is 78.9 Å². The Labute approximate surface area is 200 Å². The molecule has 6 heteroatoms. The first-order valence-electron chi connectivity index (χ1n) is 10.4. The van der Waals surface area contributed by atoms with Crippen LogP contribution in [0.2, 0.25) is 5.02 Å². The standard InChI is InChI=1S/C27H19ClN2O2S/c28-21-11-9-19(10-12-21)24-15-13-22(32-24)14-16-26(31)29-17-18-5-7-20(8-6-18)27-30-23-3-1-2-4-25(23)33-27/h1-16H,17H2,(H,29,31). The van der Waals surface area contributed by atoms with Gasteiger partial charge in [0, 0.05) is 28.8 Å². The fourth-order valence-electron chi connectivity index (χ4n) is 3.38. The van der Waals surface area contributed by atoms with Crippen molar-refractivity contribution in [2.45, 2.75) is 6.54 Å².